The van der Waals surface area contributed by atoms with Crippen molar-refractivity contribution in [1.82, 2.24) is 4.72 Å². The number of ether oxygens (including phenoxy) is 1. The standard InChI is InChI=1S/C16H23NO3S/c1-15(2,3)21(19)17-16(11-14(18)20-4)10-9-12-7-5-6-8-13(12)16/h5-8,17H,9-11H2,1-4H3/t16-,21?/m1/s1. The van der Waals surface area contributed by atoms with E-state index in [0.29, 0.717) is 0 Å². The zero-order chi connectivity index (χ0) is 15.7. The number of methoxy groups -OCH3 is 1. The normalized spacial score (nSPS) is 22.7. The summed E-state index contributed by atoms with van der Waals surface area (Å²) in [6.07, 6.45) is 1.83. The molecule has 0 saturated heterocycles. The lowest BCUT2D eigenvalue weighted by molar-refractivity contribution is -0.142. The average Bonchev–Trinajstić information content (AvgIpc) is 2.77. The number of hydrogen-bond donors (Lipinski definition) is 1. The summed E-state index contributed by atoms with van der Waals surface area (Å²) in [4.78, 5) is 11.9. The fourth-order valence-electron chi connectivity index (χ4n) is 2.66. The van der Waals surface area contributed by atoms with Crippen molar-refractivity contribution in [2.24, 2.45) is 0 Å². The Morgan fingerprint density at radius 1 is 1.43 bits per heavy atom. The van der Waals surface area contributed by atoms with Gasteiger partial charge >= 0.3 is 5.97 Å². The Morgan fingerprint density at radius 3 is 2.71 bits per heavy atom. The first-order valence-electron chi connectivity index (χ1n) is 7.13. The molecule has 0 aliphatic heterocycles. The number of esters is 1. The van der Waals surface area contributed by atoms with Crippen LogP contribution < -0.4 is 4.72 Å². The maximum Gasteiger partial charge on any atom is 0.307 e. The van der Waals surface area contributed by atoms with E-state index in [4.69, 9.17) is 4.74 Å². The molecule has 0 bridgehead atoms. The second kappa shape index (κ2) is 5.99. The molecule has 0 heterocycles. The Labute approximate surface area is 129 Å². The zero-order valence-electron chi connectivity index (χ0n) is 13.1. The third-order valence-corrected chi connectivity index (χ3v) is 5.56. The third-order valence-electron chi connectivity index (χ3n) is 3.87. The fraction of sp³-hybridized carbons (Fsp3) is 0.562. The van der Waals surface area contributed by atoms with Crippen LogP contribution in [0.5, 0.6) is 0 Å². The second-order valence-electron chi connectivity index (χ2n) is 6.48. The van der Waals surface area contributed by atoms with E-state index in [1.165, 1.54) is 12.7 Å². The molecule has 1 unspecified atom stereocenters. The molecule has 0 radical (unpaired) electrons. The lowest BCUT2D eigenvalue weighted by Gasteiger charge is -2.34. The highest BCUT2D eigenvalue weighted by molar-refractivity contribution is 7.90. The molecule has 1 aromatic carbocycles. The summed E-state index contributed by atoms with van der Waals surface area (Å²) in [5.74, 6) is -0.287. The van der Waals surface area contributed by atoms with Crippen LogP contribution in [0.3, 0.4) is 0 Å². The lowest BCUT2D eigenvalue weighted by Crippen LogP contribution is -2.51. The number of fused-ring (bicyclic) bond motifs is 1. The predicted octanol–water partition coefficient (Wildman–Crippen LogP) is 2.44. The number of benzene rings is 1. The van der Waals surface area contributed by atoms with Crippen molar-refractivity contribution in [3.63, 3.8) is 0 Å². The summed E-state index contributed by atoms with van der Waals surface area (Å²) in [7, 11) is 1.39. The summed E-state index contributed by atoms with van der Waals surface area (Å²) in [5.41, 5.74) is 1.68. The molecule has 0 aromatic heterocycles. The van der Waals surface area contributed by atoms with Crippen LogP contribution in [0.15, 0.2) is 24.3 Å². The van der Waals surface area contributed by atoms with Gasteiger partial charge in [-0.2, -0.15) is 0 Å². The van der Waals surface area contributed by atoms with Gasteiger partial charge in [-0.15, -0.1) is 4.72 Å². The van der Waals surface area contributed by atoms with Gasteiger partial charge in [-0.25, -0.2) is 0 Å². The van der Waals surface area contributed by atoms with Gasteiger partial charge in [-0.05, 0) is 44.7 Å². The first-order chi connectivity index (χ1) is 9.78. The van der Waals surface area contributed by atoms with E-state index in [1.807, 2.05) is 39.0 Å². The summed E-state index contributed by atoms with van der Waals surface area (Å²) < 4.78 is 20.2. The molecule has 5 heteroatoms. The molecule has 1 N–H and O–H groups in total. The average molecular weight is 309 g/mol. The molecule has 0 spiro atoms. The van der Waals surface area contributed by atoms with Gasteiger partial charge in [0.05, 0.1) is 19.1 Å². The molecule has 0 fully saturated rings. The van der Waals surface area contributed by atoms with Crippen LogP contribution in [0.1, 0.15) is 44.7 Å². The van der Waals surface area contributed by atoms with E-state index in [0.717, 1.165) is 18.4 Å². The Kier molecular flexibility index (Phi) is 4.66. The topological polar surface area (TPSA) is 61.4 Å². The Bertz CT molecular complexity index is 526. The quantitative estimate of drug-likeness (QED) is 0.685. The molecular weight excluding hydrogens is 286 g/mol. The maximum absolute atomic E-state index is 12.6. The molecule has 0 saturated carbocycles. The van der Waals surface area contributed by atoms with Gasteiger partial charge in [0.25, 0.3) is 0 Å². The summed E-state index contributed by atoms with van der Waals surface area (Å²) in [5, 5.41) is 0. The molecule has 0 amide bonds. The number of rotatable bonds is 4. The molecular formula is C16H23NO3S. The first-order valence-corrected chi connectivity index (χ1v) is 8.28. The molecule has 2 rings (SSSR count). The number of nitrogens with one attached hydrogen (secondary N) is 1. The van der Waals surface area contributed by atoms with E-state index in [1.54, 1.807) is 0 Å². The largest absolute Gasteiger partial charge is 0.598 e. The van der Waals surface area contributed by atoms with Crippen molar-refractivity contribution in [1.29, 1.82) is 0 Å². The van der Waals surface area contributed by atoms with Gasteiger partial charge in [0.1, 0.15) is 4.75 Å². The summed E-state index contributed by atoms with van der Waals surface area (Å²) in [6, 6.07) is 8.03. The minimum absolute atomic E-state index is 0.197. The van der Waals surface area contributed by atoms with Crippen LogP contribution in [-0.2, 0) is 32.9 Å². The van der Waals surface area contributed by atoms with Crippen molar-refractivity contribution < 1.29 is 14.1 Å². The lowest BCUT2D eigenvalue weighted by atomic mass is 9.89. The summed E-state index contributed by atoms with van der Waals surface area (Å²) in [6.45, 7) is 5.76. The molecule has 1 aliphatic carbocycles. The molecule has 21 heavy (non-hydrogen) atoms. The fourth-order valence-corrected chi connectivity index (χ4v) is 3.61. The number of aryl methyl sites for hydroxylation is 1. The van der Waals surface area contributed by atoms with E-state index >= 15 is 0 Å². The molecule has 2 atom stereocenters. The Hall–Kier alpha value is -1.04. The van der Waals surface area contributed by atoms with Crippen LogP contribution in [0.25, 0.3) is 0 Å². The minimum atomic E-state index is -1.25. The van der Waals surface area contributed by atoms with Gasteiger partial charge in [0, 0.05) is 11.4 Å². The number of carbonyl (C=O) groups is 1. The highest BCUT2D eigenvalue weighted by Crippen LogP contribution is 2.41. The highest BCUT2D eigenvalue weighted by atomic mass is 32.2. The summed E-state index contributed by atoms with van der Waals surface area (Å²) >= 11 is -1.25. The van der Waals surface area contributed by atoms with Crippen molar-refractivity contribution in [3.05, 3.63) is 35.4 Å². The van der Waals surface area contributed by atoms with Crippen LogP contribution in [-0.4, -0.2) is 22.4 Å². The van der Waals surface area contributed by atoms with Gasteiger partial charge < -0.3 is 9.29 Å². The molecule has 4 nitrogen and oxygen atoms in total. The zero-order valence-corrected chi connectivity index (χ0v) is 13.9. The van der Waals surface area contributed by atoms with E-state index in [9.17, 15) is 9.35 Å². The predicted molar refractivity (Wildman–Crippen MR) is 84.1 cm³/mol. The van der Waals surface area contributed by atoms with Gasteiger partial charge in [0.15, 0.2) is 0 Å². The third kappa shape index (κ3) is 3.42. The first kappa shape index (κ1) is 16.3. The van der Waals surface area contributed by atoms with E-state index in [2.05, 4.69) is 10.8 Å². The van der Waals surface area contributed by atoms with E-state index < -0.39 is 16.9 Å². The van der Waals surface area contributed by atoms with Crippen molar-refractivity contribution in [2.75, 3.05) is 7.11 Å². The molecule has 1 aromatic rings. The molecule has 1 aliphatic rings. The molecule has 116 valence electrons. The van der Waals surface area contributed by atoms with Crippen LogP contribution >= 0.6 is 0 Å². The van der Waals surface area contributed by atoms with E-state index in [-0.39, 0.29) is 17.1 Å². The smallest absolute Gasteiger partial charge is 0.307 e. The van der Waals surface area contributed by atoms with Crippen molar-refractivity contribution >= 4 is 17.3 Å². The number of hydrogen-bond acceptors (Lipinski definition) is 4. The van der Waals surface area contributed by atoms with Gasteiger partial charge in [-0.1, -0.05) is 24.3 Å². The van der Waals surface area contributed by atoms with Crippen molar-refractivity contribution in [3.8, 4) is 0 Å². The van der Waals surface area contributed by atoms with Crippen LogP contribution in [0.2, 0.25) is 0 Å². The Balaban J connectivity index is 2.36. The highest BCUT2D eigenvalue weighted by Gasteiger charge is 2.46. The van der Waals surface area contributed by atoms with Crippen LogP contribution in [0, 0.1) is 0 Å². The minimum Gasteiger partial charge on any atom is -0.598 e. The van der Waals surface area contributed by atoms with Gasteiger partial charge in [0.2, 0.25) is 0 Å². The Morgan fingerprint density at radius 2 is 2.10 bits per heavy atom. The van der Waals surface area contributed by atoms with Crippen molar-refractivity contribution in [2.45, 2.75) is 50.3 Å². The van der Waals surface area contributed by atoms with Gasteiger partial charge in [-0.3, -0.25) is 4.79 Å². The SMILES string of the molecule is COC(=O)C[C@]1(N[S+]([O-])C(C)(C)C)CCc2ccccc21. The maximum atomic E-state index is 12.6. The monoisotopic (exact) mass is 309 g/mol. The second-order valence-corrected chi connectivity index (χ2v) is 8.44. The van der Waals surface area contributed by atoms with Crippen LogP contribution in [0.4, 0.5) is 0 Å². The number of carbonyl (C=O) groups excluding carboxylic acids is 1.